The summed E-state index contributed by atoms with van der Waals surface area (Å²) < 4.78 is 11.4. The van der Waals surface area contributed by atoms with Crippen LogP contribution in [0.2, 0.25) is 0 Å². The van der Waals surface area contributed by atoms with Crippen LogP contribution in [0.5, 0.6) is 0 Å². The standard InChI is InChI=1S/C24H33N3O2.HI/c1-2-7-20(8-3-1)18-28-19-21-13-15-27(17-21)24(26-22-9-4-5-10-22)25-14-12-23-11-6-16-29-23;/h1-3,6-8,11,16,21-22H,4-5,9-10,12-15,17-19H2,(H,25,26);1H. The van der Waals surface area contributed by atoms with Crippen LogP contribution in [0.25, 0.3) is 0 Å². The number of hydrogen-bond donors (Lipinski definition) is 1. The molecule has 2 aliphatic rings. The van der Waals surface area contributed by atoms with Crippen LogP contribution < -0.4 is 5.32 Å². The van der Waals surface area contributed by atoms with Crippen LogP contribution in [-0.2, 0) is 17.8 Å². The Morgan fingerprint density at radius 3 is 2.70 bits per heavy atom. The second-order valence-electron chi connectivity index (χ2n) is 8.26. The molecule has 1 atom stereocenters. The number of guanidine groups is 1. The van der Waals surface area contributed by atoms with E-state index in [1.165, 1.54) is 37.7 Å². The minimum Gasteiger partial charge on any atom is -0.469 e. The number of nitrogens with zero attached hydrogens (tertiary/aromatic N) is 2. The molecule has 1 saturated heterocycles. The van der Waals surface area contributed by atoms with E-state index in [1.54, 1.807) is 6.26 Å². The third-order valence-corrected chi connectivity index (χ3v) is 5.94. The summed E-state index contributed by atoms with van der Waals surface area (Å²) in [7, 11) is 0. The smallest absolute Gasteiger partial charge is 0.194 e. The Balaban J connectivity index is 0.00000256. The van der Waals surface area contributed by atoms with Gasteiger partial charge in [0.25, 0.3) is 0 Å². The van der Waals surface area contributed by atoms with Gasteiger partial charge in [0.15, 0.2) is 5.96 Å². The zero-order chi connectivity index (χ0) is 19.7. The number of aliphatic imine (C=N–C) groups is 1. The predicted octanol–water partition coefficient (Wildman–Crippen LogP) is 4.87. The first-order chi connectivity index (χ1) is 14.4. The first kappa shape index (κ1) is 23.1. The molecule has 0 spiro atoms. The van der Waals surface area contributed by atoms with Gasteiger partial charge >= 0.3 is 0 Å². The first-order valence-electron chi connectivity index (χ1n) is 11.1. The highest BCUT2D eigenvalue weighted by atomic mass is 127. The number of rotatable bonds is 8. The molecular formula is C24H34IN3O2. The second kappa shape index (κ2) is 12.3. The Bertz CT molecular complexity index is 745. The van der Waals surface area contributed by atoms with Crippen LogP contribution in [0.1, 0.15) is 43.4 Å². The SMILES string of the molecule is I.c1ccc(COCC2CCN(C(=NCCc3ccco3)NC3CCCC3)C2)cc1. The van der Waals surface area contributed by atoms with E-state index in [9.17, 15) is 0 Å². The highest BCUT2D eigenvalue weighted by molar-refractivity contribution is 14.0. The molecule has 2 fully saturated rings. The maximum absolute atomic E-state index is 6.00. The van der Waals surface area contributed by atoms with Gasteiger partial charge in [-0.15, -0.1) is 24.0 Å². The van der Waals surface area contributed by atoms with Crippen LogP contribution in [0.15, 0.2) is 58.1 Å². The first-order valence-corrected chi connectivity index (χ1v) is 11.1. The largest absolute Gasteiger partial charge is 0.469 e. The van der Waals surface area contributed by atoms with Gasteiger partial charge in [-0.25, -0.2) is 0 Å². The molecule has 6 heteroatoms. The molecule has 1 aliphatic heterocycles. The van der Waals surface area contributed by atoms with Crippen molar-refractivity contribution in [2.24, 2.45) is 10.9 Å². The van der Waals surface area contributed by atoms with E-state index in [2.05, 4.69) is 34.5 Å². The summed E-state index contributed by atoms with van der Waals surface area (Å²) in [6, 6.07) is 15.0. The third-order valence-electron chi connectivity index (χ3n) is 5.94. The number of benzene rings is 1. The molecule has 1 aromatic heterocycles. The van der Waals surface area contributed by atoms with E-state index in [4.69, 9.17) is 14.1 Å². The normalized spacial score (nSPS) is 19.8. The molecule has 1 unspecified atom stereocenters. The zero-order valence-corrected chi connectivity index (χ0v) is 20.0. The third kappa shape index (κ3) is 7.01. The minimum atomic E-state index is 0. The van der Waals surface area contributed by atoms with Gasteiger partial charge in [0, 0.05) is 38.0 Å². The van der Waals surface area contributed by atoms with Crippen molar-refractivity contribution in [2.45, 2.75) is 51.2 Å². The molecular weight excluding hydrogens is 489 g/mol. The van der Waals surface area contributed by atoms with Gasteiger partial charge in [-0.2, -0.15) is 0 Å². The van der Waals surface area contributed by atoms with Crippen molar-refractivity contribution in [2.75, 3.05) is 26.2 Å². The fraction of sp³-hybridized carbons (Fsp3) is 0.542. The number of furan rings is 1. The van der Waals surface area contributed by atoms with Crippen LogP contribution >= 0.6 is 24.0 Å². The van der Waals surface area contributed by atoms with Crippen LogP contribution in [0, 0.1) is 5.92 Å². The number of ether oxygens (including phenoxy) is 1. The predicted molar refractivity (Wildman–Crippen MR) is 131 cm³/mol. The Morgan fingerprint density at radius 2 is 1.93 bits per heavy atom. The molecule has 2 heterocycles. The monoisotopic (exact) mass is 523 g/mol. The molecule has 0 bridgehead atoms. The molecule has 30 heavy (non-hydrogen) atoms. The summed E-state index contributed by atoms with van der Waals surface area (Å²) in [5, 5.41) is 3.74. The van der Waals surface area contributed by atoms with Crippen molar-refractivity contribution in [1.29, 1.82) is 0 Å². The number of halogens is 1. The Labute approximate surface area is 197 Å². The van der Waals surface area contributed by atoms with Crippen LogP contribution in [0.3, 0.4) is 0 Å². The molecule has 164 valence electrons. The van der Waals surface area contributed by atoms with Gasteiger partial charge in [0.05, 0.1) is 19.5 Å². The molecule has 1 N–H and O–H groups in total. The van der Waals surface area contributed by atoms with Gasteiger partial charge in [-0.05, 0) is 37.0 Å². The minimum absolute atomic E-state index is 0. The molecule has 5 nitrogen and oxygen atoms in total. The van der Waals surface area contributed by atoms with Gasteiger partial charge in [0.1, 0.15) is 5.76 Å². The van der Waals surface area contributed by atoms with Crippen molar-refractivity contribution >= 4 is 29.9 Å². The van der Waals surface area contributed by atoms with Gasteiger partial charge < -0.3 is 19.4 Å². The average molecular weight is 523 g/mol. The van der Waals surface area contributed by atoms with Crippen molar-refractivity contribution in [3.05, 3.63) is 60.1 Å². The lowest BCUT2D eigenvalue weighted by Crippen LogP contribution is -2.44. The molecule has 2 aromatic rings. The van der Waals surface area contributed by atoms with Crippen LogP contribution in [-0.4, -0.2) is 43.1 Å². The van der Waals surface area contributed by atoms with Crippen molar-refractivity contribution in [3.8, 4) is 0 Å². The lowest BCUT2D eigenvalue weighted by atomic mass is 10.1. The molecule has 1 aromatic carbocycles. The fourth-order valence-electron chi connectivity index (χ4n) is 4.30. The van der Waals surface area contributed by atoms with Gasteiger partial charge in [0.2, 0.25) is 0 Å². The number of hydrogen-bond acceptors (Lipinski definition) is 3. The van der Waals surface area contributed by atoms with Gasteiger partial charge in [-0.1, -0.05) is 43.2 Å². The molecule has 1 saturated carbocycles. The van der Waals surface area contributed by atoms with E-state index in [-0.39, 0.29) is 24.0 Å². The van der Waals surface area contributed by atoms with E-state index < -0.39 is 0 Å². The maximum atomic E-state index is 6.00. The van der Waals surface area contributed by atoms with Crippen molar-refractivity contribution in [1.82, 2.24) is 10.2 Å². The quantitative estimate of drug-likeness (QED) is 0.305. The topological polar surface area (TPSA) is 50.0 Å². The molecule has 0 amide bonds. The van der Waals surface area contributed by atoms with Crippen molar-refractivity contribution < 1.29 is 9.15 Å². The summed E-state index contributed by atoms with van der Waals surface area (Å²) in [6.45, 7) is 4.34. The molecule has 0 radical (unpaired) electrons. The Kier molecular flexibility index (Phi) is 9.52. The summed E-state index contributed by atoms with van der Waals surface area (Å²) >= 11 is 0. The maximum Gasteiger partial charge on any atom is 0.194 e. The second-order valence-corrected chi connectivity index (χ2v) is 8.26. The highest BCUT2D eigenvalue weighted by Crippen LogP contribution is 2.21. The van der Waals surface area contributed by atoms with Crippen LogP contribution in [0.4, 0.5) is 0 Å². The van der Waals surface area contributed by atoms with E-state index in [1.807, 2.05) is 18.2 Å². The van der Waals surface area contributed by atoms with E-state index in [0.717, 1.165) is 44.4 Å². The average Bonchev–Trinajstić information content (AvgIpc) is 3.51. The summed E-state index contributed by atoms with van der Waals surface area (Å²) in [5.74, 6) is 2.65. The summed E-state index contributed by atoms with van der Waals surface area (Å²) in [5.41, 5.74) is 1.24. The lowest BCUT2D eigenvalue weighted by molar-refractivity contribution is 0.0906. The Hall–Kier alpha value is -1.54. The number of nitrogens with one attached hydrogen (secondary N) is 1. The fourth-order valence-corrected chi connectivity index (χ4v) is 4.30. The van der Waals surface area contributed by atoms with Gasteiger partial charge in [-0.3, -0.25) is 4.99 Å². The lowest BCUT2D eigenvalue weighted by Gasteiger charge is -2.25. The van der Waals surface area contributed by atoms with Crippen molar-refractivity contribution in [3.63, 3.8) is 0 Å². The Morgan fingerprint density at radius 1 is 1.10 bits per heavy atom. The highest BCUT2D eigenvalue weighted by Gasteiger charge is 2.27. The zero-order valence-electron chi connectivity index (χ0n) is 17.7. The summed E-state index contributed by atoms with van der Waals surface area (Å²) in [6.07, 6.45) is 8.92. The molecule has 4 rings (SSSR count). The molecule has 1 aliphatic carbocycles. The summed E-state index contributed by atoms with van der Waals surface area (Å²) in [4.78, 5) is 7.36. The van der Waals surface area contributed by atoms with E-state index in [0.29, 0.717) is 18.6 Å². The van der Waals surface area contributed by atoms with E-state index >= 15 is 0 Å². The number of likely N-dealkylation sites (tertiary alicyclic amines) is 1.